The van der Waals surface area contributed by atoms with Gasteiger partial charge in [0.2, 0.25) is 5.91 Å². The summed E-state index contributed by atoms with van der Waals surface area (Å²) >= 11 is 0. The van der Waals surface area contributed by atoms with E-state index in [0.29, 0.717) is 6.42 Å². The summed E-state index contributed by atoms with van der Waals surface area (Å²) in [6.07, 6.45) is 0.427. The average Bonchev–Trinajstić information content (AvgIpc) is 3.15. The van der Waals surface area contributed by atoms with Crippen LogP contribution in [0.1, 0.15) is 6.42 Å². The first-order chi connectivity index (χ1) is 11.0. The van der Waals surface area contributed by atoms with Crippen LogP contribution < -0.4 is 5.32 Å². The van der Waals surface area contributed by atoms with E-state index in [9.17, 15) is 19.2 Å². The summed E-state index contributed by atoms with van der Waals surface area (Å²) in [4.78, 5) is 46.9. The first-order valence-corrected chi connectivity index (χ1v) is 7.36. The number of hydrogen-bond acceptors (Lipinski definition) is 7. The van der Waals surface area contributed by atoms with Gasteiger partial charge in [-0.1, -0.05) is 6.58 Å². The summed E-state index contributed by atoms with van der Waals surface area (Å²) in [7, 11) is 1.26. The van der Waals surface area contributed by atoms with E-state index < -0.39 is 47.9 Å². The van der Waals surface area contributed by atoms with Crippen molar-refractivity contribution in [2.75, 3.05) is 13.7 Å². The second-order valence-corrected chi connectivity index (χ2v) is 5.92. The lowest BCUT2D eigenvalue weighted by Gasteiger charge is -2.29. The van der Waals surface area contributed by atoms with Gasteiger partial charge in [0, 0.05) is 11.8 Å². The number of methoxy groups -OCH3 is 1. The Hall–Kier alpha value is -2.38. The van der Waals surface area contributed by atoms with Crippen LogP contribution in [0.25, 0.3) is 0 Å². The van der Waals surface area contributed by atoms with Gasteiger partial charge in [-0.2, -0.15) is 0 Å². The molecule has 1 heterocycles. The Kier molecular flexibility index (Phi) is 3.83. The maximum atomic E-state index is 12.0. The Morgan fingerprint density at radius 1 is 1.39 bits per heavy atom. The Morgan fingerprint density at radius 2 is 2.13 bits per heavy atom. The van der Waals surface area contributed by atoms with E-state index in [1.54, 1.807) is 0 Å². The minimum atomic E-state index is -0.681. The minimum absolute atomic E-state index is 0.128. The molecule has 1 aliphatic heterocycles. The largest absolute Gasteiger partial charge is 0.469 e. The van der Waals surface area contributed by atoms with Gasteiger partial charge in [0.1, 0.15) is 18.8 Å². The Balaban J connectivity index is 1.70. The second-order valence-electron chi connectivity index (χ2n) is 5.92. The molecule has 3 fully saturated rings. The lowest BCUT2D eigenvalue weighted by atomic mass is 9.78. The van der Waals surface area contributed by atoms with E-state index in [4.69, 9.17) is 14.2 Å². The van der Waals surface area contributed by atoms with Crippen LogP contribution in [-0.2, 0) is 33.4 Å². The summed E-state index contributed by atoms with van der Waals surface area (Å²) in [6.45, 7) is 2.96. The van der Waals surface area contributed by atoms with Crippen LogP contribution in [0, 0.1) is 23.7 Å². The van der Waals surface area contributed by atoms with E-state index in [2.05, 4.69) is 11.9 Å². The number of nitrogens with one attached hydrogen (secondary N) is 1. The normalized spacial score (nSPS) is 36.3. The monoisotopic (exact) mass is 323 g/mol. The third-order valence-corrected chi connectivity index (χ3v) is 4.88. The van der Waals surface area contributed by atoms with E-state index in [1.165, 1.54) is 7.11 Å². The molecule has 8 nitrogen and oxygen atoms in total. The van der Waals surface area contributed by atoms with E-state index in [1.807, 2.05) is 0 Å². The number of fused-ring (bicyclic) bond motifs is 1. The summed E-state index contributed by atoms with van der Waals surface area (Å²) in [5.41, 5.74) is 0. The molecular weight excluding hydrogens is 306 g/mol. The number of amides is 1. The topological polar surface area (TPSA) is 108 Å². The molecule has 0 aromatic heterocycles. The first kappa shape index (κ1) is 15.5. The highest BCUT2D eigenvalue weighted by Gasteiger charge is 2.70. The number of ether oxygens (including phenoxy) is 3. The van der Waals surface area contributed by atoms with Gasteiger partial charge < -0.3 is 19.5 Å². The van der Waals surface area contributed by atoms with Crippen molar-refractivity contribution in [3.05, 3.63) is 12.7 Å². The molecule has 3 rings (SSSR count). The molecule has 0 aromatic carbocycles. The fraction of sp³-hybridized carbons (Fsp3) is 0.600. The zero-order valence-corrected chi connectivity index (χ0v) is 12.5. The molecule has 6 unspecified atom stereocenters. The molecule has 8 heteroatoms. The molecule has 2 saturated carbocycles. The number of esters is 3. The second kappa shape index (κ2) is 5.68. The van der Waals surface area contributed by atoms with Crippen molar-refractivity contribution in [1.29, 1.82) is 0 Å². The Morgan fingerprint density at radius 3 is 2.78 bits per heavy atom. The van der Waals surface area contributed by atoms with Crippen molar-refractivity contribution < 1.29 is 33.4 Å². The van der Waals surface area contributed by atoms with Crippen molar-refractivity contribution in [3.63, 3.8) is 0 Å². The first-order valence-electron chi connectivity index (χ1n) is 7.36. The van der Waals surface area contributed by atoms with Crippen LogP contribution in [0.2, 0.25) is 0 Å². The van der Waals surface area contributed by atoms with Crippen LogP contribution in [-0.4, -0.2) is 49.7 Å². The van der Waals surface area contributed by atoms with Crippen LogP contribution in [0.4, 0.5) is 0 Å². The highest BCUT2D eigenvalue weighted by atomic mass is 16.6. The highest BCUT2D eigenvalue weighted by molar-refractivity contribution is 5.90. The van der Waals surface area contributed by atoms with Crippen LogP contribution in [0.5, 0.6) is 0 Å². The molecule has 0 radical (unpaired) electrons. The maximum absolute atomic E-state index is 12.0. The Bertz CT molecular complexity index is 586. The average molecular weight is 323 g/mol. The van der Waals surface area contributed by atoms with Gasteiger partial charge >= 0.3 is 17.9 Å². The summed E-state index contributed by atoms with van der Waals surface area (Å²) < 4.78 is 15.4. The minimum Gasteiger partial charge on any atom is -0.469 e. The summed E-state index contributed by atoms with van der Waals surface area (Å²) in [6, 6.07) is 0. The SMILES string of the molecule is C=CC(=O)NCC(=O)OC1C2CC3C1OC(=O)C3C2C(=O)OC. The fourth-order valence-electron chi connectivity index (χ4n) is 4.03. The van der Waals surface area contributed by atoms with Gasteiger partial charge in [0.15, 0.2) is 0 Å². The third-order valence-electron chi connectivity index (χ3n) is 4.88. The van der Waals surface area contributed by atoms with E-state index >= 15 is 0 Å². The fourth-order valence-corrected chi connectivity index (χ4v) is 4.03. The van der Waals surface area contributed by atoms with Gasteiger partial charge in [0.25, 0.3) is 0 Å². The van der Waals surface area contributed by atoms with Gasteiger partial charge in [-0.15, -0.1) is 0 Å². The zero-order valence-electron chi connectivity index (χ0n) is 12.5. The lowest BCUT2D eigenvalue weighted by molar-refractivity contribution is -0.164. The standard InChI is InChI=1S/C15H17NO7/c1-3-8(17)16-5-9(18)22-12-6-4-7-11(10(6)14(19)21-2)15(20)23-13(7)12/h3,6-7,10-13H,1,4-5H2,2H3,(H,16,17). The molecule has 1 saturated heterocycles. The molecule has 6 atom stereocenters. The van der Waals surface area contributed by atoms with Gasteiger partial charge in [0.05, 0.1) is 18.9 Å². The van der Waals surface area contributed by atoms with E-state index in [0.717, 1.165) is 6.08 Å². The van der Waals surface area contributed by atoms with E-state index in [-0.39, 0.29) is 18.4 Å². The van der Waals surface area contributed by atoms with Crippen molar-refractivity contribution in [1.82, 2.24) is 5.32 Å². The van der Waals surface area contributed by atoms with Crippen molar-refractivity contribution in [3.8, 4) is 0 Å². The van der Waals surface area contributed by atoms with Crippen LogP contribution >= 0.6 is 0 Å². The molecule has 1 N–H and O–H groups in total. The van der Waals surface area contributed by atoms with Crippen molar-refractivity contribution in [2.45, 2.75) is 18.6 Å². The molecular formula is C15H17NO7. The van der Waals surface area contributed by atoms with Gasteiger partial charge in [-0.3, -0.25) is 19.2 Å². The molecule has 2 aliphatic carbocycles. The predicted molar refractivity (Wildman–Crippen MR) is 73.6 cm³/mol. The highest BCUT2D eigenvalue weighted by Crippen LogP contribution is 2.58. The smallest absolute Gasteiger partial charge is 0.325 e. The Labute approximate surface area is 132 Å². The molecule has 0 aromatic rings. The lowest BCUT2D eigenvalue weighted by Crippen LogP contribution is -2.44. The van der Waals surface area contributed by atoms with Gasteiger partial charge in [-0.25, -0.2) is 0 Å². The zero-order chi connectivity index (χ0) is 16.7. The number of rotatable bonds is 5. The molecule has 3 aliphatic rings. The molecule has 0 spiro atoms. The number of carbonyl (C=O) groups is 4. The summed E-state index contributed by atoms with van der Waals surface area (Å²) in [5, 5.41) is 2.32. The molecule has 23 heavy (non-hydrogen) atoms. The third kappa shape index (κ3) is 2.38. The van der Waals surface area contributed by atoms with Crippen molar-refractivity contribution in [2.24, 2.45) is 23.7 Å². The molecule has 1 amide bonds. The molecule has 2 bridgehead atoms. The number of carbonyl (C=O) groups excluding carboxylic acids is 4. The maximum Gasteiger partial charge on any atom is 0.325 e. The molecule has 124 valence electrons. The van der Waals surface area contributed by atoms with Crippen LogP contribution in [0.3, 0.4) is 0 Å². The quantitative estimate of drug-likeness (QED) is 0.400. The predicted octanol–water partition coefficient (Wildman–Crippen LogP) is -0.819. The summed E-state index contributed by atoms with van der Waals surface area (Å²) in [5.74, 6) is -3.64. The van der Waals surface area contributed by atoms with Crippen molar-refractivity contribution >= 4 is 23.8 Å². The number of hydrogen-bond donors (Lipinski definition) is 1. The van der Waals surface area contributed by atoms with Gasteiger partial charge in [-0.05, 0) is 12.5 Å². The van der Waals surface area contributed by atoms with Crippen LogP contribution in [0.15, 0.2) is 12.7 Å².